The van der Waals surface area contributed by atoms with Crippen LogP contribution in [-0.2, 0) is 29.6 Å². The van der Waals surface area contributed by atoms with E-state index in [4.69, 9.17) is 15.0 Å². The molecule has 0 aliphatic carbocycles. The second kappa shape index (κ2) is 10.1. The summed E-state index contributed by atoms with van der Waals surface area (Å²) in [7, 11) is 1.53. The molecule has 174 valence electrons. The highest BCUT2D eigenvalue weighted by atomic mass is 19.4. The number of imidazole rings is 1. The molecule has 1 fully saturated rings. The standard InChI is InChI=1S/C16H20N6O3.C2HF3O2/c1-3-4-7-22-13-14(19-16(22)21-8-5-17-6-9-21)18-11(10-12(23)24)20(2)15(13)25;3-2(4,5)1(6)7/h17H,5-10H2,1-2H3,(H,23,24);(H,6,7). The topological polar surface area (TPSA) is 143 Å². The molecule has 0 spiro atoms. The molecule has 0 bridgehead atoms. The maximum atomic E-state index is 12.8. The molecule has 1 aliphatic rings. The zero-order chi connectivity index (χ0) is 24.1. The summed E-state index contributed by atoms with van der Waals surface area (Å²) in [6, 6.07) is 0. The van der Waals surface area contributed by atoms with Crippen LogP contribution in [0.1, 0.15) is 12.7 Å². The Labute approximate surface area is 179 Å². The summed E-state index contributed by atoms with van der Waals surface area (Å²) in [4.78, 5) is 43.7. The highest BCUT2D eigenvalue weighted by Gasteiger charge is 2.38. The molecule has 0 radical (unpaired) electrons. The summed E-state index contributed by atoms with van der Waals surface area (Å²) in [5.74, 6) is 2.85. The highest BCUT2D eigenvalue weighted by molar-refractivity contribution is 5.76. The molecule has 14 heteroatoms. The average Bonchev–Trinajstić information content (AvgIpc) is 3.08. The van der Waals surface area contributed by atoms with Gasteiger partial charge in [-0.25, -0.2) is 9.78 Å². The molecule has 1 saturated heterocycles. The van der Waals surface area contributed by atoms with Crippen LogP contribution in [0.25, 0.3) is 11.2 Å². The monoisotopic (exact) mass is 458 g/mol. The van der Waals surface area contributed by atoms with E-state index in [-0.39, 0.29) is 23.5 Å². The van der Waals surface area contributed by atoms with E-state index in [1.54, 1.807) is 11.5 Å². The first-order chi connectivity index (χ1) is 15.0. The van der Waals surface area contributed by atoms with E-state index in [2.05, 4.69) is 32.0 Å². The normalized spacial score (nSPS) is 13.7. The largest absolute Gasteiger partial charge is 0.490 e. The fraction of sp³-hybridized carbons (Fsp3) is 0.500. The number of rotatable bonds is 4. The maximum Gasteiger partial charge on any atom is 0.490 e. The lowest BCUT2D eigenvalue weighted by molar-refractivity contribution is -0.192. The van der Waals surface area contributed by atoms with Crippen LogP contribution in [0.5, 0.6) is 0 Å². The van der Waals surface area contributed by atoms with Crippen molar-refractivity contribution in [1.29, 1.82) is 0 Å². The maximum absolute atomic E-state index is 12.8. The van der Waals surface area contributed by atoms with E-state index in [9.17, 15) is 22.8 Å². The Hall–Kier alpha value is -3.60. The van der Waals surface area contributed by atoms with Gasteiger partial charge in [0.25, 0.3) is 5.56 Å². The van der Waals surface area contributed by atoms with Crippen LogP contribution in [0.3, 0.4) is 0 Å². The third-order valence-electron chi connectivity index (χ3n) is 4.42. The summed E-state index contributed by atoms with van der Waals surface area (Å²) in [6.45, 7) is 5.28. The molecule has 0 amide bonds. The minimum atomic E-state index is -5.08. The second-order valence-electron chi connectivity index (χ2n) is 6.60. The first-order valence-electron chi connectivity index (χ1n) is 9.30. The fourth-order valence-electron chi connectivity index (χ4n) is 2.90. The van der Waals surface area contributed by atoms with E-state index in [1.807, 2.05) is 0 Å². The van der Waals surface area contributed by atoms with Crippen LogP contribution in [0, 0.1) is 11.8 Å². The Morgan fingerprint density at radius 1 is 1.19 bits per heavy atom. The summed E-state index contributed by atoms with van der Waals surface area (Å²) in [5.41, 5.74) is 0.312. The summed E-state index contributed by atoms with van der Waals surface area (Å²) in [6.07, 6.45) is -5.41. The van der Waals surface area contributed by atoms with Gasteiger partial charge in [0.15, 0.2) is 11.2 Å². The van der Waals surface area contributed by atoms with Gasteiger partial charge in [0, 0.05) is 33.2 Å². The smallest absolute Gasteiger partial charge is 0.481 e. The van der Waals surface area contributed by atoms with Crippen molar-refractivity contribution in [2.75, 3.05) is 31.1 Å². The third-order valence-corrected chi connectivity index (χ3v) is 4.42. The van der Waals surface area contributed by atoms with Gasteiger partial charge < -0.3 is 20.4 Å². The molecular formula is C18H21F3N6O5. The lowest BCUT2D eigenvalue weighted by Gasteiger charge is -2.28. The number of carboxylic acids is 2. The van der Waals surface area contributed by atoms with Crippen molar-refractivity contribution in [2.24, 2.45) is 7.05 Å². The average molecular weight is 458 g/mol. The molecule has 2 aromatic rings. The Kier molecular flexibility index (Phi) is 7.82. The predicted octanol–water partition coefficient (Wildman–Crippen LogP) is -0.177. The van der Waals surface area contributed by atoms with Crippen LogP contribution >= 0.6 is 0 Å². The molecule has 0 saturated carbocycles. The quantitative estimate of drug-likeness (QED) is 0.532. The van der Waals surface area contributed by atoms with E-state index in [0.717, 1.165) is 26.2 Å². The summed E-state index contributed by atoms with van der Waals surface area (Å²) < 4.78 is 34.8. The minimum Gasteiger partial charge on any atom is -0.481 e. The molecule has 3 heterocycles. The number of alkyl halides is 3. The molecule has 0 unspecified atom stereocenters. The van der Waals surface area contributed by atoms with Crippen molar-refractivity contribution in [3.63, 3.8) is 0 Å². The van der Waals surface area contributed by atoms with Crippen LogP contribution < -0.4 is 15.8 Å². The number of aliphatic carboxylic acids is 2. The van der Waals surface area contributed by atoms with Crippen LogP contribution in [0.2, 0.25) is 0 Å². The van der Waals surface area contributed by atoms with Gasteiger partial charge in [-0.05, 0) is 6.92 Å². The fourth-order valence-corrected chi connectivity index (χ4v) is 2.90. The van der Waals surface area contributed by atoms with Crippen molar-refractivity contribution in [2.45, 2.75) is 26.1 Å². The van der Waals surface area contributed by atoms with Gasteiger partial charge in [-0.1, -0.05) is 5.92 Å². The molecule has 11 nitrogen and oxygen atoms in total. The van der Waals surface area contributed by atoms with Crippen LogP contribution in [0.15, 0.2) is 4.79 Å². The molecule has 32 heavy (non-hydrogen) atoms. The second-order valence-corrected chi connectivity index (χ2v) is 6.60. The number of nitrogens with one attached hydrogen (secondary N) is 1. The number of piperazine rings is 1. The Morgan fingerprint density at radius 3 is 2.28 bits per heavy atom. The van der Waals surface area contributed by atoms with Crippen molar-refractivity contribution in [3.8, 4) is 11.8 Å². The van der Waals surface area contributed by atoms with Crippen molar-refractivity contribution >= 4 is 29.1 Å². The Balaban J connectivity index is 0.000000451. The number of hydrogen-bond acceptors (Lipinski definition) is 7. The van der Waals surface area contributed by atoms with Gasteiger partial charge in [0.1, 0.15) is 12.2 Å². The van der Waals surface area contributed by atoms with E-state index >= 15 is 0 Å². The van der Waals surface area contributed by atoms with Crippen molar-refractivity contribution < 1.29 is 33.0 Å². The van der Waals surface area contributed by atoms with Gasteiger partial charge in [-0.15, -0.1) is 5.92 Å². The van der Waals surface area contributed by atoms with Gasteiger partial charge >= 0.3 is 18.1 Å². The van der Waals surface area contributed by atoms with Gasteiger partial charge in [0.05, 0.1) is 6.54 Å². The van der Waals surface area contributed by atoms with Crippen molar-refractivity contribution in [3.05, 3.63) is 16.2 Å². The lowest BCUT2D eigenvalue weighted by atomic mass is 10.3. The van der Waals surface area contributed by atoms with E-state index in [1.165, 1.54) is 11.6 Å². The Morgan fingerprint density at radius 2 is 1.78 bits per heavy atom. The number of fused-ring (bicyclic) bond motifs is 1. The first kappa shape index (κ1) is 24.7. The number of carboxylic acid groups (broad SMARTS) is 2. The molecule has 3 N–H and O–H groups in total. The number of nitrogens with zero attached hydrogens (tertiary/aromatic N) is 5. The number of halogens is 3. The number of carbonyl (C=O) groups is 2. The number of anilines is 1. The molecule has 0 atom stereocenters. The molecule has 0 aromatic carbocycles. The molecular weight excluding hydrogens is 437 g/mol. The lowest BCUT2D eigenvalue weighted by Crippen LogP contribution is -2.44. The van der Waals surface area contributed by atoms with Crippen LogP contribution in [-0.4, -0.2) is 73.6 Å². The first-order valence-corrected chi connectivity index (χ1v) is 9.30. The van der Waals surface area contributed by atoms with Crippen LogP contribution in [0.4, 0.5) is 19.1 Å². The molecule has 2 aromatic heterocycles. The van der Waals surface area contributed by atoms with Gasteiger partial charge in [0.2, 0.25) is 5.95 Å². The van der Waals surface area contributed by atoms with E-state index < -0.39 is 18.1 Å². The summed E-state index contributed by atoms with van der Waals surface area (Å²) >= 11 is 0. The summed E-state index contributed by atoms with van der Waals surface area (Å²) in [5, 5.41) is 19.4. The Bertz CT molecular complexity index is 1120. The predicted molar refractivity (Wildman–Crippen MR) is 106 cm³/mol. The van der Waals surface area contributed by atoms with E-state index in [0.29, 0.717) is 18.0 Å². The zero-order valence-electron chi connectivity index (χ0n) is 17.2. The third kappa shape index (κ3) is 5.76. The molecule has 3 rings (SSSR count). The zero-order valence-corrected chi connectivity index (χ0v) is 17.2. The van der Waals surface area contributed by atoms with Gasteiger partial charge in [-0.3, -0.25) is 18.7 Å². The SMILES string of the molecule is CC#CCn1c(N2CCNCC2)nc2nc(CC(=O)O)n(C)c(=O)c21.O=C(O)C(F)(F)F. The van der Waals surface area contributed by atoms with Crippen molar-refractivity contribution in [1.82, 2.24) is 24.4 Å². The number of hydrogen-bond donors (Lipinski definition) is 3. The number of aromatic nitrogens is 4. The molecule has 1 aliphatic heterocycles. The van der Waals surface area contributed by atoms with Gasteiger partial charge in [-0.2, -0.15) is 18.2 Å². The highest BCUT2D eigenvalue weighted by Crippen LogP contribution is 2.20. The minimum absolute atomic E-state index is 0.183.